The smallest absolute Gasteiger partial charge is 0.245 e. The molecule has 0 fully saturated rings. The fourth-order valence-corrected chi connectivity index (χ4v) is 0.663. The van der Waals surface area contributed by atoms with Gasteiger partial charge in [-0.3, -0.25) is 0 Å². The molecule has 0 N–H and O–H groups in total. The summed E-state index contributed by atoms with van der Waals surface area (Å²) in [7, 11) is 0. The van der Waals surface area contributed by atoms with Crippen molar-refractivity contribution >= 4 is 0 Å². The summed E-state index contributed by atoms with van der Waals surface area (Å²) in [4.78, 5) is 0. The summed E-state index contributed by atoms with van der Waals surface area (Å²) in [5, 5.41) is 0. The maximum absolute atomic E-state index is 3.25. The van der Waals surface area contributed by atoms with Gasteiger partial charge in [-0.2, -0.15) is 0 Å². The van der Waals surface area contributed by atoms with Crippen molar-refractivity contribution in [1.82, 2.24) is 0 Å². The van der Waals surface area contributed by atoms with Crippen LogP contribution in [0.25, 0.3) is 0 Å². The zero-order chi connectivity index (χ0) is 8.69. The van der Waals surface area contributed by atoms with Crippen molar-refractivity contribution in [3.63, 3.8) is 0 Å². The zero-order valence-corrected chi connectivity index (χ0v) is 10.3. The van der Waals surface area contributed by atoms with Gasteiger partial charge in [-0.25, -0.2) is 19.6 Å². The fraction of sp³-hybridized carbons (Fsp3) is 0.182. The van der Waals surface area contributed by atoms with E-state index in [0.29, 0.717) is 0 Å². The minimum Gasteiger partial charge on any atom is -0.245 e. The van der Waals surface area contributed by atoms with Crippen LogP contribution in [0.1, 0.15) is 11.1 Å². The van der Waals surface area contributed by atoms with Gasteiger partial charge in [0.15, 0.2) is 0 Å². The first-order chi connectivity index (χ1) is 5.22. The van der Waals surface area contributed by atoms with E-state index in [1.807, 2.05) is 0 Å². The van der Waals surface area contributed by atoms with Gasteiger partial charge in [0.25, 0.3) is 0 Å². The number of rotatable bonds is 0. The van der Waals surface area contributed by atoms with Crippen molar-refractivity contribution in [2.75, 3.05) is 0 Å². The SMILES string of the molecule is C=C[CH2-].Cc1ccccc1C.[Na+]. The van der Waals surface area contributed by atoms with Crippen molar-refractivity contribution in [3.8, 4) is 0 Å². The first-order valence-electron chi connectivity index (χ1n) is 3.64. The second-order valence-corrected chi connectivity index (χ2v) is 2.37. The van der Waals surface area contributed by atoms with Gasteiger partial charge in [-0.15, -0.1) is 0 Å². The predicted molar refractivity (Wildman–Crippen MR) is 51.5 cm³/mol. The standard InChI is InChI=1S/C8H10.C3H5.Na/c1-7-5-3-4-6-8(7)2;1-3-2;/h3-6H,1-2H3;3H,1-2H2;/q;-1;+1. The van der Waals surface area contributed by atoms with E-state index in [9.17, 15) is 0 Å². The molecule has 1 heteroatoms. The number of hydrogen-bond donors (Lipinski definition) is 0. The molecule has 0 saturated carbocycles. The molecule has 0 aliphatic rings. The Morgan fingerprint density at radius 2 is 1.42 bits per heavy atom. The molecule has 0 atom stereocenters. The van der Waals surface area contributed by atoms with Gasteiger partial charge in [-0.05, 0) is 25.0 Å². The topological polar surface area (TPSA) is 0 Å². The second-order valence-electron chi connectivity index (χ2n) is 2.37. The fourth-order valence-electron chi connectivity index (χ4n) is 0.663. The number of benzene rings is 1. The second kappa shape index (κ2) is 8.92. The third kappa shape index (κ3) is 6.53. The Morgan fingerprint density at radius 3 is 1.58 bits per heavy atom. The minimum absolute atomic E-state index is 0. The molecule has 0 aliphatic carbocycles. The van der Waals surface area contributed by atoms with Gasteiger partial charge >= 0.3 is 29.6 Å². The summed E-state index contributed by atoms with van der Waals surface area (Å²) >= 11 is 0. The molecule has 0 saturated heterocycles. The van der Waals surface area contributed by atoms with Crippen LogP contribution in [-0.4, -0.2) is 0 Å². The van der Waals surface area contributed by atoms with Crippen molar-refractivity contribution in [1.29, 1.82) is 0 Å². The summed E-state index contributed by atoms with van der Waals surface area (Å²) in [5.41, 5.74) is 2.74. The van der Waals surface area contributed by atoms with Crippen molar-refractivity contribution in [3.05, 3.63) is 55.0 Å². The molecule has 0 heterocycles. The quantitative estimate of drug-likeness (QED) is 0.388. The molecule has 0 radical (unpaired) electrons. The van der Waals surface area contributed by atoms with Crippen molar-refractivity contribution in [2.24, 2.45) is 0 Å². The molecule has 1 aromatic carbocycles. The zero-order valence-electron chi connectivity index (χ0n) is 8.30. The molecule has 1 aromatic rings. The van der Waals surface area contributed by atoms with Gasteiger partial charge in [-0.1, -0.05) is 24.3 Å². The molecular weight excluding hydrogens is 155 g/mol. The number of allylic oxidation sites excluding steroid dienone is 1. The van der Waals surface area contributed by atoms with E-state index in [1.54, 1.807) is 0 Å². The van der Waals surface area contributed by atoms with Crippen LogP contribution in [0.2, 0.25) is 0 Å². The number of hydrogen-bond acceptors (Lipinski definition) is 0. The summed E-state index contributed by atoms with van der Waals surface area (Å²) in [6.07, 6.45) is 1.50. The minimum atomic E-state index is 0. The van der Waals surface area contributed by atoms with Crippen LogP contribution >= 0.6 is 0 Å². The summed E-state index contributed by atoms with van der Waals surface area (Å²) in [6.45, 7) is 10.7. The Bertz CT molecular complexity index is 195. The summed E-state index contributed by atoms with van der Waals surface area (Å²) < 4.78 is 0. The van der Waals surface area contributed by atoms with Gasteiger partial charge in [0, 0.05) is 0 Å². The van der Waals surface area contributed by atoms with E-state index in [1.165, 1.54) is 17.2 Å². The molecule has 1 rings (SSSR count). The Kier molecular flexibility index (Phi) is 10.7. The van der Waals surface area contributed by atoms with Gasteiger partial charge in [0.05, 0.1) is 0 Å². The summed E-state index contributed by atoms with van der Waals surface area (Å²) in [6, 6.07) is 8.36. The van der Waals surface area contributed by atoms with E-state index < -0.39 is 0 Å². The molecular formula is C11H15Na. The molecule has 12 heavy (non-hydrogen) atoms. The molecule has 60 valence electrons. The van der Waals surface area contributed by atoms with Crippen LogP contribution in [0.15, 0.2) is 36.9 Å². The van der Waals surface area contributed by atoms with Crippen molar-refractivity contribution < 1.29 is 29.6 Å². The largest absolute Gasteiger partial charge is 1.00 e. The van der Waals surface area contributed by atoms with E-state index in [0.717, 1.165) is 0 Å². The van der Waals surface area contributed by atoms with E-state index in [-0.39, 0.29) is 29.6 Å². The normalized spacial score (nSPS) is 7.17. The van der Waals surface area contributed by atoms with E-state index in [4.69, 9.17) is 0 Å². The third-order valence-electron chi connectivity index (χ3n) is 1.43. The summed E-state index contributed by atoms with van der Waals surface area (Å²) in [5.74, 6) is 0. The molecule has 0 unspecified atom stereocenters. The first kappa shape index (κ1) is 14.4. The van der Waals surface area contributed by atoms with Crippen LogP contribution in [0.4, 0.5) is 0 Å². The maximum Gasteiger partial charge on any atom is 1.00 e. The molecule has 0 nitrogen and oxygen atoms in total. The third-order valence-corrected chi connectivity index (χ3v) is 1.43. The maximum atomic E-state index is 3.25. The molecule has 0 spiro atoms. The predicted octanol–water partition coefficient (Wildman–Crippen LogP) is 0.314. The van der Waals surface area contributed by atoms with E-state index in [2.05, 4.69) is 51.6 Å². The first-order valence-corrected chi connectivity index (χ1v) is 3.64. The molecule has 0 bridgehead atoms. The Labute approximate surface area is 98.0 Å². The molecule has 0 amide bonds. The van der Waals surface area contributed by atoms with Gasteiger partial charge in [0.2, 0.25) is 0 Å². The van der Waals surface area contributed by atoms with Crippen LogP contribution in [0.3, 0.4) is 0 Å². The van der Waals surface area contributed by atoms with Crippen LogP contribution in [0, 0.1) is 20.8 Å². The van der Waals surface area contributed by atoms with Crippen LogP contribution in [0.5, 0.6) is 0 Å². The van der Waals surface area contributed by atoms with Crippen molar-refractivity contribution in [2.45, 2.75) is 13.8 Å². The Hall–Kier alpha value is -0.170. The van der Waals surface area contributed by atoms with Gasteiger partial charge in [0.1, 0.15) is 0 Å². The van der Waals surface area contributed by atoms with Gasteiger partial charge < -0.3 is 0 Å². The Morgan fingerprint density at radius 1 is 1.17 bits per heavy atom. The van der Waals surface area contributed by atoms with Crippen LogP contribution in [-0.2, 0) is 0 Å². The average molecular weight is 170 g/mol. The monoisotopic (exact) mass is 170 g/mol. The van der Waals surface area contributed by atoms with E-state index >= 15 is 0 Å². The number of aryl methyl sites for hydroxylation is 2. The van der Waals surface area contributed by atoms with Crippen LogP contribution < -0.4 is 29.6 Å². The molecule has 0 aliphatic heterocycles. The Balaban J connectivity index is 0. The average Bonchev–Trinajstić information content (AvgIpc) is 1.97. The molecule has 0 aromatic heterocycles.